The number of hydrogen-bond acceptors (Lipinski definition) is 4. The Balaban J connectivity index is 2.12. The highest BCUT2D eigenvalue weighted by Gasteiger charge is 1.97. The Hall–Kier alpha value is -0.740. The molecule has 1 rings (SSSR count). The molecule has 0 bridgehead atoms. The molecular weight excluding hydrogens is 208 g/mol. The largest absolute Gasteiger partial charge is 0.397 e. The number of nitrogens with zero attached hydrogens (tertiary/aromatic N) is 1. The third-order valence-electron chi connectivity index (χ3n) is 1.69. The van der Waals surface area contributed by atoms with Crippen molar-refractivity contribution < 1.29 is 4.74 Å². The van der Waals surface area contributed by atoms with Crippen LogP contribution in [0.4, 0.5) is 5.69 Å². The molecule has 0 amide bonds. The van der Waals surface area contributed by atoms with Crippen LogP contribution in [0.2, 0.25) is 0 Å². The number of aromatic nitrogens is 1. The van der Waals surface area contributed by atoms with E-state index in [1.165, 1.54) is 0 Å². The van der Waals surface area contributed by atoms with Crippen LogP contribution in [0.15, 0.2) is 23.4 Å². The van der Waals surface area contributed by atoms with Gasteiger partial charge in [-0.05, 0) is 18.1 Å². The number of pyridine rings is 1. The van der Waals surface area contributed by atoms with Crippen LogP contribution in [0.3, 0.4) is 0 Å². The lowest BCUT2D eigenvalue weighted by Crippen LogP contribution is -2.04. The summed E-state index contributed by atoms with van der Waals surface area (Å²) in [4.78, 5) is 4.19. The minimum Gasteiger partial charge on any atom is -0.397 e. The molecular formula is C11H18N2OS. The standard InChI is InChI=1S/C11H18N2OS/c1-9(2)8-14-5-6-15-11-4-3-10(12)7-13-11/h3-4,7,9H,5-6,8,12H2,1-2H3. The van der Waals surface area contributed by atoms with Crippen molar-refractivity contribution in [1.29, 1.82) is 0 Å². The van der Waals surface area contributed by atoms with Gasteiger partial charge in [0.05, 0.1) is 23.5 Å². The Morgan fingerprint density at radius 3 is 2.87 bits per heavy atom. The Bertz CT molecular complexity index is 274. The van der Waals surface area contributed by atoms with Gasteiger partial charge in [0.15, 0.2) is 0 Å². The number of thioether (sulfide) groups is 1. The molecule has 84 valence electrons. The molecule has 0 saturated carbocycles. The summed E-state index contributed by atoms with van der Waals surface area (Å²) in [5, 5.41) is 0.998. The third kappa shape index (κ3) is 5.64. The molecule has 0 saturated heterocycles. The summed E-state index contributed by atoms with van der Waals surface area (Å²) in [5.41, 5.74) is 6.24. The van der Waals surface area contributed by atoms with E-state index in [2.05, 4.69) is 18.8 Å². The maximum Gasteiger partial charge on any atom is 0.0962 e. The van der Waals surface area contributed by atoms with Gasteiger partial charge in [-0.2, -0.15) is 0 Å². The van der Waals surface area contributed by atoms with Crippen LogP contribution in [0.25, 0.3) is 0 Å². The Kier molecular flexibility index (Phi) is 5.50. The van der Waals surface area contributed by atoms with E-state index in [4.69, 9.17) is 10.5 Å². The van der Waals surface area contributed by atoms with Gasteiger partial charge in [-0.25, -0.2) is 4.98 Å². The summed E-state index contributed by atoms with van der Waals surface area (Å²) < 4.78 is 5.47. The van der Waals surface area contributed by atoms with Crippen LogP contribution in [0, 0.1) is 5.92 Å². The topological polar surface area (TPSA) is 48.1 Å². The van der Waals surface area contributed by atoms with E-state index in [0.717, 1.165) is 24.0 Å². The van der Waals surface area contributed by atoms with Gasteiger partial charge in [-0.3, -0.25) is 0 Å². The molecule has 1 heterocycles. The molecule has 1 aromatic heterocycles. The molecule has 4 heteroatoms. The highest BCUT2D eigenvalue weighted by atomic mass is 32.2. The van der Waals surface area contributed by atoms with Gasteiger partial charge in [0.1, 0.15) is 0 Å². The third-order valence-corrected chi connectivity index (χ3v) is 2.60. The smallest absolute Gasteiger partial charge is 0.0962 e. The number of anilines is 1. The van der Waals surface area contributed by atoms with Crippen molar-refractivity contribution in [3.8, 4) is 0 Å². The maximum atomic E-state index is 5.54. The van der Waals surface area contributed by atoms with Gasteiger partial charge in [-0.15, -0.1) is 11.8 Å². The van der Waals surface area contributed by atoms with Gasteiger partial charge in [-0.1, -0.05) is 13.8 Å². The second kappa shape index (κ2) is 6.69. The summed E-state index contributed by atoms with van der Waals surface area (Å²) in [5.74, 6) is 1.54. The summed E-state index contributed by atoms with van der Waals surface area (Å²) in [6.45, 7) is 5.90. The van der Waals surface area contributed by atoms with Crippen molar-refractivity contribution >= 4 is 17.4 Å². The van der Waals surface area contributed by atoms with Crippen molar-refractivity contribution in [1.82, 2.24) is 4.98 Å². The number of nitrogen functional groups attached to an aromatic ring is 1. The minimum atomic E-state index is 0.602. The number of hydrogen-bond donors (Lipinski definition) is 1. The Morgan fingerprint density at radius 2 is 2.27 bits per heavy atom. The number of nitrogens with two attached hydrogens (primary N) is 1. The fourth-order valence-corrected chi connectivity index (χ4v) is 1.70. The van der Waals surface area contributed by atoms with Gasteiger partial charge in [0.25, 0.3) is 0 Å². The van der Waals surface area contributed by atoms with E-state index in [-0.39, 0.29) is 0 Å². The highest BCUT2D eigenvalue weighted by Crippen LogP contribution is 2.15. The monoisotopic (exact) mass is 226 g/mol. The molecule has 0 unspecified atom stereocenters. The van der Waals surface area contributed by atoms with E-state index in [1.807, 2.05) is 12.1 Å². The summed E-state index contributed by atoms with van der Waals surface area (Å²) in [6, 6.07) is 3.80. The average Bonchev–Trinajstić information content (AvgIpc) is 2.20. The summed E-state index contributed by atoms with van der Waals surface area (Å²) >= 11 is 1.69. The predicted molar refractivity (Wildman–Crippen MR) is 65.0 cm³/mol. The second-order valence-electron chi connectivity index (χ2n) is 3.75. The minimum absolute atomic E-state index is 0.602. The van der Waals surface area contributed by atoms with Crippen LogP contribution in [-0.4, -0.2) is 24.0 Å². The Labute approximate surface area is 95.4 Å². The summed E-state index contributed by atoms with van der Waals surface area (Å²) in [6.07, 6.45) is 1.68. The zero-order chi connectivity index (χ0) is 11.1. The summed E-state index contributed by atoms with van der Waals surface area (Å²) in [7, 11) is 0. The lowest BCUT2D eigenvalue weighted by molar-refractivity contribution is 0.124. The molecule has 3 nitrogen and oxygen atoms in total. The van der Waals surface area contributed by atoms with E-state index < -0.39 is 0 Å². The molecule has 0 spiro atoms. The van der Waals surface area contributed by atoms with E-state index in [0.29, 0.717) is 11.6 Å². The Morgan fingerprint density at radius 1 is 1.47 bits per heavy atom. The first-order valence-corrected chi connectivity index (χ1v) is 6.09. The molecule has 0 fully saturated rings. The highest BCUT2D eigenvalue weighted by molar-refractivity contribution is 7.99. The van der Waals surface area contributed by atoms with Crippen LogP contribution in [-0.2, 0) is 4.74 Å². The average molecular weight is 226 g/mol. The first-order chi connectivity index (χ1) is 7.18. The van der Waals surface area contributed by atoms with Gasteiger partial charge < -0.3 is 10.5 Å². The number of rotatable bonds is 6. The van der Waals surface area contributed by atoms with Crippen molar-refractivity contribution in [2.24, 2.45) is 5.92 Å². The fourth-order valence-electron chi connectivity index (χ4n) is 1.00. The van der Waals surface area contributed by atoms with Crippen LogP contribution >= 0.6 is 11.8 Å². The maximum absolute atomic E-state index is 5.54. The quantitative estimate of drug-likeness (QED) is 0.598. The van der Waals surface area contributed by atoms with Crippen molar-refractivity contribution in [3.63, 3.8) is 0 Å². The van der Waals surface area contributed by atoms with Gasteiger partial charge >= 0.3 is 0 Å². The molecule has 15 heavy (non-hydrogen) atoms. The van der Waals surface area contributed by atoms with Gasteiger partial charge in [0.2, 0.25) is 0 Å². The predicted octanol–water partition coefficient (Wildman–Crippen LogP) is 2.43. The van der Waals surface area contributed by atoms with E-state index in [9.17, 15) is 0 Å². The van der Waals surface area contributed by atoms with Crippen LogP contribution in [0.1, 0.15) is 13.8 Å². The lowest BCUT2D eigenvalue weighted by atomic mass is 10.2. The van der Waals surface area contributed by atoms with Crippen LogP contribution in [0.5, 0.6) is 0 Å². The molecule has 0 aromatic carbocycles. The fraction of sp³-hybridized carbons (Fsp3) is 0.545. The van der Waals surface area contributed by atoms with Crippen molar-refractivity contribution in [2.45, 2.75) is 18.9 Å². The normalized spacial score (nSPS) is 10.9. The van der Waals surface area contributed by atoms with Crippen molar-refractivity contribution in [2.75, 3.05) is 24.7 Å². The molecule has 1 aromatic rings. The van der Waals surface area contributed by atoms with Crippen LogP contribution < -0.4 is 5.73 Å². The lowest BCUT2D eigenvalue weighted by Gasteiger charge is -2.06. The zero-order valence-corrected chi connectivity index (χ0v) is 10.1. The second-order valence-corrected chi connectivity index (χ2v) is 4.86. The molecule has 0 radical (unpaired) electrons. The molecule has 0 aliphatic rings. The molecule has 0 aliphatic carbocycles. The molecule has 2 N–H and O–H groups in total. The SMILES string of the molecule is CC(C)COCCSc1ccc(N)cn1. The van der Waals surface area contributed by atoms with Gasteiger partial charge in [0, 0.05) is 12.4 Å². The first-order valence-electron chi connectivity index (χ1n) is 5.10. The number of ether oxygens (including phenoxy) is 1. The van der Waals surface area contributed by atoms with E-state index >= 15 is 0 Å². The van der Waals surface area contributed by atoms with E-state index in [1.54, 1.807) is 18.0 Å². The zero-order valence-electron chi connectivity index (χ0n) is 9.27. The molecule has 0 atom stereocenters. The van der Waals surface area contributed by atoms with Crippen molar-refractivity contribution in [3.05, 3.63) is 18.3 Å². The molecule has 0 aliphatic heterocycles. The first kappa shape index (κ1) is 12.3.